The molecule has 152 valence electrons. The van der Waals surface area contributed by atoms with Crippen LogP contribution in [0.5, 0.6) is 0 Å². The van der Waals surface area contributed by atoms with Crippen molar-refractivity contribution >= 4 is 39.6 Å². The fraction of sp³-hybridized carbons (Fsp3) is 0.0769. The van der Waals surface area contributed by atoms with Crippen LogP contribution in [0.2, 0.25) is 0 Å². The van der Waals surface area contributed by atoms with Gasteiger partial charge >= 0.3 is 0 Å². The van der Waals surface area contributed by atoms with Crippen LogP contribution in [0.3, 0.4) is 0 Å². The summed E-state index contributed by atoms with van der Waals surface area (Å²) in [6, 6.07) is 29.1. The quantitative estimate of drug-likeness (QED) is 0.517. The van der Waals surface area contributed by atoms with Gasteiger partial charge < -0.3 is 16.0 Å². The van der Waals surface area contributed by atoms with Crippen LogP contribution in [-0.4, -0.2) is 17.9 Å². The van der Waals surface area contributed by atoms with Crippen molar-refractivity contribution in [3.05, 3.63) is 102 Å². The zero-order chi connectivity index (χ0) is 21.4. The van der Waals surface area contributed by atoms with Crippen molar-refractivity contribution in [2.24, 2.45) is 5.73 Å². The number of nitrogens with two attached hydrogens (primary N) is 1. The van der Waals surface area contributed by atoms with Gasteiger partial charge in [-0.1, -0.05) is 60.7 Å². The second-order valence-electron chi connectivity index (χ2n) is 7.69. The van der Waals surface area contributed by atoms with Crippen molar-refractivity contribution in [3.63, 3.8) is 0 Å². The minimum atomic E-state index is -0.527. The Morgan fingerprint density at radius 2 is 1.61 bits per heavy atom. The molecule has 4 aromatic carbocycles. The summed E-state index contributed by atoms with van der Waals surface area (Å²) in [5.41, 5.74) is 9.22. The standard InChI is InChI=1S/C26H21N3O2/c27-25(30)20-11-13-23-22(16-20)28-26(31)24(14-17-6-2-1-3-7-17)29(23)21-12-10-18-8-4-5-9-19(18)15-21/h1-13,15-16,24H,14H2,(H2,27,30)(H,28,31). The second kappa shape index (κ2) is 7.61. The first-order chi connectivity index (χ1) is 15.1. The summed E-state index contributed by atoms with van der Waals surface area (Å²) in [6.07, 6.45) is 0.552. The van der Waals surface area contributed by atoms with Crippen LogP contribution in [0, 0.1) is 0 Å². The fourth-order valence-corrected chi connectivity index (χ4v) is 4.17. The number of fused-ring (bicyclic) bond motifs is 2. The summed E-state index contributed by atoms with van der Waals surface area (Å²) in [5.74, 6) is -0.646. The lowest BCUT2D eigenvalue weighted by molar-refractivity contribution is -0.117. The molecule has 0 bridgehead atoms. The smallest absolute Gasteiger partial charge is 0.248 e. The number of anilines is 3. The Balaban J connectivity index is 1.66. The minimum absolute atomic E-state index is 0.119. The Morgan fingerprint density at radius 1 is 0.871 bits per heavy atom. The molecule has 0 radical (unpaired) electrons. The first-order valence-corrected chi connectivity index (χ1v) is 10.2. The number of amides is 2. The largest absolute Gasteiger partial charge is 0.366 e. The molecular formula is C26H21N3O2. The predicted octanol–water partition coefficient (Wildman–Crippen LogP) is 4.64. The third-order valence-corrected chi connectivity index (χ3v) is 5.70. The van der Waals surface area contributed by atoms with Gasteiger partial charge in [-0.2, -0.15) is 0 Å². The average molecular weight is 407 g/mol. The summed E-state index contributed by atoms with van der Waals surface area (Å²) < 4.78 is 0. The number of nitrogens with one attached hydrogen (secondary N) is 1. The molecular weight excluding hydrogens is 386 g/mol. The molecule has 5 nitrogen and oxygen atoms in total. The second-order valence-corrected chi connectivity index (χ2v) is 7.69. The molecule has 0 fully saturated rings. The first kappa shape index (κ1) is 18.9. The Kier molecular flexibility index (Phi) is 4.64. The summed E-state index contributed by atoms with van der Waals surface area (Å²) in [4.78, 5) is 26.9. The average Bonchev–Trinajstić information content (AvgIpc) is 2.79. The topological polar surface area (TPSA) is 75.4 Å². The van der Waals surface area contributed by atoms with E-state index in [1.165, 1.54) is 0 Å². The molecule has 1 heterocycles. The lowest BCUT2D eigenvalue weighted by Crippen LogP contribution is -2.47. The minimum Gasteiger partial charge on any atom is -0.366 e. The maximum Gasteiger partial charge on any atom is 0.248 e. The maximum absolute atomic E-state index is 13.2. The molecule has 5 heteroatoms. The van der Waals surface area contributed by atoms with E-state index in [1.807, 2.05) is 54.6 Å². The molecule has 3 N–H and O–H groups in total. The van der Waals surface area contributed by atoms with E-state index in [1.54, 1.807) is 12.1 Å². The van der Waals surface area contributed by atoms with Gasteiger partial charge in [0.25, 0.3) is 0 Å². The highest BCUT2D eigenvalue weighted by molar-refractivity contribution is 6.08. The molecule has 0 saturated heterocycles. The van der Waals surface area contributed by atoms with Crippen LogP contribution in [0.1, 0.15) is 15.9 Å². The van der Waals surface area contributed by atoms with Crippen molar-refractivity contribution in [2.75, 3.05) is 10.2 Å². The lowest BCUT2D eigenvalue weighted by atomic mass is 9.97. The molecule has 1 unspecified atom stereocenters. The van der Waals surface area contributed by atoms with E-state index in [2.05, 4.69) is 34.5 Å². The Morgan fingerprint density at radius 3 is 2.39 bits per heavy atom. The number of nitrogens with zero attached hydrogens (tertiary/aromatic N) is 1. The molecule has 0 aromatic heterocycles. The van der Waals surface area contributed by atoms with Gasteiger partial charge in [0.15, 0.2) is 0 Å². The summed E-state index contributed by atoms with van der Waals surface area (Å²) in [5, 5.41) is 5.21. The molecule has 0 saturated carbocycles. The predicted molar refractivity (Wildman–Crippen MR) is 124 cm³/mol. The third kappa shape index (κ3) is 3.51. The Hall–Kier alpha value is -4.12. The molecule has 1 aliphatic rings. The highest BCUT2D eigenvalue weighted by atomic mass is 16.2. The molecule has 2 amide bonds. The van der Waals surface area contributed by atoms with Gasteiger partial charge in [-0.05, 0) is 46.7 Å². The van der Waals surface area contributed by atoms with Crippen LogP contribution in [0.15, 0.2) is 91.0 Å². The van der Waals surface area contributed by atoms with Gasteiger partial charge in [0.05, 0.1) is 11.4 Å². The monoisotopic (exact) mass is 407 g/mol. The zero-order valence-corrected chi connectivity index (χ0v) is 16.8. The van der Waals surface area contributed by atoms with E-state index < -0.39 is 11.9 Å². The van der Waals surface area contributed by atoms with Crippen LogP contribution < -0.4 is 16.0 Å². The van der Waals surface area contributed by atoms with Crippen molar-refractivity contribution < 1.29 is 9.59 Å². The van der Waals surface area contributed by atoms with Crippen molar-refractivity contribution in [2.45, 2.75) is 12.5 Å². The van der Waals surface area contributed by atoms with E-state index in [-0.39, 0.29) is 5.91 Å². The number of benzene rings is 4. The van der Waals surface area contributed by atoms with Gasteiger partial charge in [-0.25, -0.2) is 0 Å². The number of hydrogen-bond acceptors (Lipinski definition) is 3. The van der Waals surface area contributed by atoms with Gasteiger partial charge in [0.2, 0.25) is 11.8 Å². The molecule has 31 heavy (non-hydrogen) atoms. The van der Waals surface area contributed by atoms with Gasteiger partial charge in [0, 0.05) is 17.7 Å². The molecule has 0 spiro atoms. The van der Waals surface area contributed by atoms with Crippen LogP contribution in [0.4, 0.5) is 17.1 Å². The van der Waals surface area contributed by atoms with Gasteiger partial charge in [0.1, 0.15) is 6.04 Å². The molecule has 0 aliphatic carbocycles. The van der Waals surface area contributed by atoms with Crippen LogP contribution in [-0.2, 0) is 11.2 Å². The van der Waals surface area contributed by atoms with E-state index >= 15 is 0 Å². The van der Waals surface area contributed by atoms with E-state index in [4.69, 9.17) is 5.73 Å². The molecule has 1 atom stereocenters. The van der Waals surface area contributed by atoms with Gasteiger partial charge in [-0.3, -0.25) is 9.59 Å². The fourth-order valence-electron chi connectivity index (χ4n) is 4.17. The van der Waals surface area contributed by atoms with E-state index in [9.17, 15) is 9.59 Å². The van der Waals surface area contributed by atoms with Crippen LogP contribution >= 0.6 is 0 Å². The third-order valence-electron chi connectivity index (χ3n) is 5.70. The summed E-state index contributed by atoms with van der Waals surface area (Å²) >= 11 is 0. The number of rotatable bonds is 4. The highest BCUT2D eigenvalue weighted by Crippen LogP contribution is 2.40. The van der Waals surface area contributed by atoms with Crippen molar-refractivity contribution in [3.8, 4) is 0 Å². The molecule has 5 rings (SSSR count). The molecule has 4 aromatic rings. The summed E-state index contributed by atoms with van der Waals surface area (Å²) in [6.45, 7) is 0. The highest BCUT2D eigenvalue weighted by Gasteiger charge is 2.34. The number of carbonyl (C=O) groups is 2. The van der Waals surface area contributed by atoms with Crippen molar-refractivity contribution in [1.29, 1.82) is 0 Å². The van der Waals surface area contributed by atoms with Crippen LogP contribution in [0.25, 0.3) is 10.8 Å². The first-order valence-electron chi connectivity index (χ1n) is 10.2. The number of hydrogen-bond donors (Lipinski definition) is 2. The van der Waals surface area contributed by atoms with Crippen molar-refractivity contribution in [1.82, 2.24) is 0 Å². The number of primary amides is 1. The lowest BCUT2D eigenvalue weighted by Gasteiger charge is -2.38. The normalized spacial score (nSPS) is 15.4. The maximum atomic E-state index is 13.2. The Bertz CT molecular complexity index is 1300. The van der Waals surface area contributed by atoms with E-state index in [0.29, 0.717) is 17.7 Å². The summed E-state index contributed by atoms with van der Waals surface area (Å²) in [7, 11) is 0. The SMILES string of the molecule is NC(=O)c1ccc2c(c1)NC(=O)C(Cc1ccccc1)N2c1ccc2ccccc2c1. The Labute approximate surface area is 180 Å². The zero-order valence-electron chi connectivity index (χ0n) is 16.8. The number of carbonyl (C=O) groups excluding carboxylic acids is 2. The van der Waals surface area contributed by atoms with E-state index in [0.717, 1.165) is 27.7 Å². The van der Waals surface area contributed by atoms with Gasteiger partial charge in [-0.15, -0.1) is 0 Å². The molecule has 1 aliphatic heterocycles.